The lowest BCUT2D eigenvalue weighted by molar-refractivity contribution is 0.574. The predicted molar refractivity (Wildman–Crippen MR) is 85.8 cm³/mol. The number of thiocarbonyl (C=S) groups is 1. The number of thiazole rings is 1. The Labute approximate surface area is 132 Å². The van der Waals surface area contributed by atoms with E-state index in [1.54, 1.807) is 6.20 Å². The van der Waals surface area contributed by atoms with Gasteiger partial charge in [-0.2, -0.15) is 0 Å². The Balaban J connectivity index is 2.18. The largest absolute Gasteiger partial charge is 0.388 e. The average Bonchev–Trinajstić information content (AvgIpc) is 2.99. The van der Waals surface area contributed by atoms with Gasteiger partial charge in [-0.1, -0.05) is 19.1 Å². The lowest BCUT2D eigenvalue weighted by Gasteiger charge is -2.12. The van der Waals surface area contributed by atoms with Crippen LogP contribution in [0.3, 0.4) is 0 Å². The topological polar surface area (TPSA) is 98.0 Å². The van der Waals surface area contributed by atoms with Gasteiger partial charge in [-0.05, 0) is 12.1 Å². The van der Waals surface area contributed by atoms with E-state index < -0.39 is 10.0 Å². The third-order valence-electron chi connectivity index (χ3n) is 2.75. The van der Waals surface area contributed by atoms with Crippen LogP contribution in [0, 0.1) is 0 Å². The molecule has 9 heteroatoms. The average molecular weight is 342 g/mol. The molecular weight excluding hydrogens is 328 g/mol. The summed E-state index contributed by atoms with van der Waals surface area (Å²) in [6.07, 6.45) is 3.14. The maximum atomic E-state index is 12.3. The highest BCUT2D eigenvalue weighted by molar-refractivity contribution is 7.89. The van der Waals surface area contributed by atoms with E-state index in [9.17, 15) is 8.42 Å². The minimum Gasteiger partial charge on any atom is -0.388 e. The molecule has 0 aliphatic carbocycles. The first-order valence-electron chi connectivity index (χ1n) is 6.05. The number of hydrogen-bond donors (Lipinski definition) is 2. The molecule has 0 bridgehead atoms. The van der Waals surface area contributed by atoms with Crippen LogP contribution < -0.4 is 10.5 Å². The molecule has 1 unspecified atom stereocenters. The molecule has 0 aliphatic rings. The van der Waals surface area contributed by atoms with Gasteiger partial charge in [0.1, 0.15) is 15.6 Å². The first kappa shape index (κ1) is 16.0. The van der Waals surface area contributed by atoms with Gasteiger partial charge in [0.05, 0.1) is 5.01 Å². The maximum Gasteiger partial charge on any atom is 0.242 e. The first-order chi connectivity index (χ1) is 9.92. The van der Waals surface area contributed by atoms with Crippen molar-refractivity contribution in [3.05, 3.63) is 40.6 Å². The molecule has 2 heterocycles. The Bertz CT molecular complexity index is 729. The van der Waals surface area contributed by atoms with Crippen molar-refractivity contribution in [3.63, 3.8) is 0 Å². The molecule has 2 rings (SSSR count). The summed E-state index contributed by atoms with van der Waals surface area (Å²) < 4.78 is 27.2. The van der Waals surface area contributed by atoms with Crippen molar-refractivity contribution < 1.29 is 8.42 Å². The third-order valence-corrected chi connectivity index (χ3v) is 5.40. The van der Waals surface area contributed by atoms with Gasteiger partial charge in [0.25, 0.3) is 0 Å². The van der Waals surface area contributed by atoms with E-state index >= 15 is 0 Å². The first-order valence-corrected chi connectivity index (χ1v) is 8.83. The van der Waals surface area contributed by atoms with Gasteiger partial charge < -0.3 is 5.73 Å². The number of hydrogen-bond acceptors (Lipinski definition) is 6. The van der Waals surface area contributed by atoms with Crippen molar-refractivity contribution in [2.45, 2.75) is 17.7 Å². The summed E-state index contributed by atoms with van der Waals surface area (Å²) in [5, 5.41) is 2.73. The quantitative estimate of drug-likeness (QED) is 0.767. The molecule has 2 aromatic rings. The minimum absolute atomic E-state index is 0.0103. The molecule has 0 fully saturated rings. The van der Waals surface area contributed by atoms with Gasteiger partial charge in [0.2, 0.25) is 10.0 Å². The fraction of sp³-hybridized carbons (Fsp3) is 0.250. The van der Waals surface area contributed by atoms with Crippen LogP contribution in [0.1, 0.15) is 23.5 Å². The Hall–Kier alpha value is -1.42. The van der Waals surface area contributed by atoms with Crippen molar-refractivity contribution in [2.75, 3.05) is 6.54 Å². The molecule has 112 valence electrons. The second kappa shape index (κ2) is 6.56. The van der Waals surface area contributed by atoms with Crippen LogP contribution in [0.2, 0.25) is 0 Å². The molecule has 0 spiro atoms. The van der Waals surface area contributed by atoms with Gasteiger partial charge in [-0.15, -0.1) is 11.3 Å². The monoisotopic (exact) mass is 342 g/mol. The highest BCUT2D eigenvalue weighted by Crippen LogP contribution is 2.18. The molecule has 2 aromatic heterocycles. The SMILES string of the molecule is CC(CNS(=O)(=O)c1cccnc1C(N)=S)c1nccs1. The maximum absolute atomic E-state index is 12.3. The molecule has 0 saturated carbocycles. The summed E-state index contributed by atoms with van der Waals surface area (Å²) in [7, 11) is -3.73. The van der Waals surface area contributed by atoms with E-state index in [0.29, 0.717) is 0 Å². The fourth-order valence-electron chi connectivity index (χ4n) is 1.67. The van der Waals surface area contributed by atoms with E-state index in [0.717, 1.165) is 5.01 Å². The van der Waals surface area contributed by atoms with Crippen LogP contribution in [-0.4, -0.2) is 29.9 Å². The van der Waals surface area contributed by atoms with E-state index in [1.165, 1.54) is 29.7 Å². The highest BCUT2D eigenvalue weighted by atomic mass is 32.2. The van der Waals surface area contributed by atoms with E-state index in [-0.39, 0.29) is 28.0 Å². The van der Waals surface area contributed by atoms with Crippen molar-refractivity contribution in [1.29, 1.82) is 0 Å². The Morgan fingerprint density at radius 3 is 2.86 bits per heavy atom. The zero-order chi connectivity index (χ0) is 15.5. The molecule has 0 saturated heterocycles. The highest BCUT2D eigenvalue weighted by Gasteiger charge is 2.21. The molecule has 3 N–H and O–H groups in total. The van der Waals surface area contributed by atoms with Crippen molar-refractivity contribution in [3.8, 4) is 0 Å². The standard InChI is InChI=1S/C12H14N4O2S3/c1-8(12-15-5-6-20-12)7-16-21(17,18)9-3-2-4-14-10(9)11(13)19/h2-6,8,16H,7H2,1H3,(H2,13,19). The fourth-order valence-corrected chi connectivity index (χ4v) is 3.90. The third kappa shape index (κ3) is 3.82. The Kier molecular flexibility index (Phi) is 4.99. The number of nitrogens with two attached hydrogens (primary N) is 1. The summed E-state index contributed by atoms with van der Waals surface area (Å²) >= 11 is 6.32. The van der Waals surface area contributed by atoms with Crippen LogP contribution in [0.5, 0.6) is 0 Å². The number of nitrogens with one attached hydrogen (secondary N) is 1. The lowest BCUT2D eigenvalue weighted by atomic mass is 10.2. The summed E-state index contributed by atoms with van der Waals surface area (Å²) in [6, 6.07) is 2.96. The molecule has 0 amide bonds. The van der Waals surface area contributed by atoms with Crippen molar-refractivity contribution in [2.24, 2.45) is 5.73 Å². The normalized spacial score (nSPS) is 13.0. The molecular formula is C12H14N4O2S3. The Morgan fingerprint density at radius 2 is 2.24 bits per heavy atom. The van der Waals surface area contributed by atoms with Crippen LogP contribution in [0.25, 0.3) is 0 Å². The second-order valence-electron chi connectivity index (χ2n) is 4.34. The number of sulfonamides is 1. The summed E-state index contributed by atoms with van der Waals surface area (Å²) in [5.74, 6) is -0.0234. The zero-order valence-electron chi connectivity index (χ0n) is 11.2. The molecule has 21 heavy (non-hydrogen) atoms. The van der Waals surface area contributed by atoms with E-state index in [1.807, 2.05) is 12.3 Å². The summed E-state index contributed by atoms with van der Waals surface area (Å²) in [4.78, 5) is 8.03. The lowest BCUT2D eigenvalue weighted by Crippen LogP contribution is -2.30. The van der Waals surface area contributed by atoms with Gasteiger partial charge in [0.15, 0.2) is 0 Å². The second-order valence-corrected chi connectivity index (χ2v) is 7.44. The van der Waals surface area contributed by atoms with Gasteiger partial charge in [-0.25, -0.2) is 18.1 Å². The number of nitrogens with zero attached hydrogens (tertiary/aromatic N) is 2. The minimum atomic E-state index is -3.73. The summed E-state index contributed by atoms with van der Waals surface area (Å²) in [6.45, 7) is 2.14. The van der Waals surface area contributed by atoms with E-state index in [4.69, 9.17) is 18.0 Å². The Morgan fingerprint density at radius 1 is 1.48 bits per heavy atom. The van der Waals surface area contributed by atoms with Crippen LogP contribution in [-0.2, 0) is 10.0 Å². The molecule has 6 nitrogen and oxygen atoms in total. The smallest absolute Gasteiger partial charge is 0.242 e. The summed E-state index contributed by atoms with van der Waals surface area (Å²) in [5.41, 5.74) is 5.61. The zero-order valence-corrected chi connectivity index (χ0v) is 13.6. The molecule has 0 aromatic carbocycles. The molecule has 0 radical (unpaired) electrons. The van der Waals surface area contributed by atoms with Gasteiger partial charge >= 0.3 is 0 Å². The predicted octanol–water partition coefficient (Wildman–Crippen LogP) is 1.25. The van der Waals surface area contributed by atoms with Crippen LogP contribution >= 0.6 is 23.6 Å². The van der Waals surface area contributed by atoms with Gasteiger partial charge in [0, 0.05) is 30.2 Å². The molecule has 1 atom stereocenters. The van der Waals surface area contributed by atoms with Gasteiger partial charge in [-0.3, -0.25) is 4.98 Å². The molecule has 0 aliphatic heterocycles. The van der Waals surface area contributed by atoms with Crippen molar-refractivity contribution >= 4 is 38.6 Å². The van der Waals surface area contributed by atoms with Crippen molar-refractivity contribution in [1.82, 2.24) is 14.7 Å². The van der Waals surface area contributed by atoms with E-state index in [2.05, 4.69) is 14.7 Å². The van der Waals surface area contributed by atoms with Crippen LogP contribution in [0.15, 0.2) is 34.8 Å². The number of aromatic nitrogens is 2. The number of rotatable bonds is 6. The van der Waals surface area contributed by atoms with Crippen LogP contribution in [0.4, 0.5) is 0 Å². The number of pyridine rings is 1.